The Morgan fingerprint density at radius 3 is 2.83 bits per heavy atom. The fraction of sp³-hybridized carbons (Fsp3) is 0.409. The summed E-state index contributed by atoms with van der Waals surface area (Å²) in [6.45, 7) is 10.1. The third-order valence-electron chi connectivity index (χ3n) is 5.30. The van der Waals surface area contributed by atoms with E-state index in [2.05, 4.69) is 20.4 Å². The van der Waals surface area contributed by atoms with Gasteiger partial charge in [-0.05, 0) is 30.4 Å². The number of thiophene rings is 1. The van der Waals surface area contributed by atoms with Gasteiger partial charge in [-0.15, -0.1) is 17.9 Å². The van der Waals surface area contributed by atoms with Crippen molar-refractivity contribution in [1.82, 2.24) is 14.5 Å². The number of aromatic nitrogens is 2. The number of carbonyl (C=O) groups excluding carboxylic acids is 1. The number of hydrogen-bond donors (Lipinski definition) is 0. The van der Waals surface area contributed by atoms with Crippen molar-refractivity contribution in [3.63, 3.8) is 0 Å². The maximum absolute atomic E-state index is 13.3. The molecule has 0 bridgehead atoms. The van der Waals surface area contributed by atoms with E-state index in [0.717, 1.165) is 25.1 Å². The Morgan fingerprint density at radius 1 is 1.40 bits per heavy atom. The number of rotatable bonds is 6. The van der Waals surface area contributed by atoms with Crippen LogP contribution in [0.2, 0.25) is 0 Å². The van der Waals surface area contributed by atoms with Gasteiger partial charge in [0.25, 0.3) is 5.56 Å². The standard InChI is InChI=1S/C22H25N3O3S2/c1-4-7-25-21(27)19-16(17-6-5-8-28-17)12-29-20(19)23-22(25)30-13-18(26)24-10-14(2)9-15(3)11-24/h4-6,8,12,14-15H,1,7,9-11,13H2,2-3H3. The van der Waals surface area contributed by atoms with Crippen molar-refractivity contribution >= 4 is 39.2 Å². The molecule has 2 unspecified atom stereocenters. The van der Waals surface area contributed by atoms with Crippen molar-refractivity contribution < 1.29 is 9.21 Å². The van der Waals surface area contributed by atoms with Gasteiger partial charge in [0.15, 0.2) is 5.16 Å². The number of furan rings is 1. The molecule has 3 aromatic rings. The lowest BCUT2D eigenvalue weighted by molar-refractivity contribution is -0.130. The molecule has 3 aromatic heterocycles. The third kappa shape index (κ3) is 4.11. The second kappa shape index (κ2) is 8.81. The fourth-order valence-electron chi connectivity index (χ4n) is 4.10. The van der Waals surface area contributed by atoms with E-state index in [1.54, 1.807) is 23.0 Å². The van der Waals surface area contributed by atoms with Gasteiger partial charge in [-0.2, -0.15) is 0 Å². The van der Waals surface area contributed by atoms with Crippen molar-refractivity contribution in [3.8, 4) is 11.3 Å². The number of piperidine rings is 1. The highest BCUT2D eigenvalue weighted by Gasteiger charge is 2.26. The van der Waals surface area contributed by atoms with E-state index in [9.17, 15) is 9.59 Å². The smallest absolute Gasteiger partial charge is 0.263 e. The summed E-state index contributed by atoms with van der Waals surface area (Å²) in [5, 5.41) is 2.99. The van der Waals surface area contributed by atoms with E-state index in [0.29, 0.717) is 39.5 Å². The lowest BCUT2D eigenvalue weighted by Crippen LogP contribution is -2.43. The van der Waals surface area contributed by atoms with Crippen LogP contribution >= 0.6 is 23.1 Å². The highest BCUT2D eigenvalue weighted by molar-refractivity contribution is 7.99. The molecule has 0 aromatic carbocycles. The second-order valence-electron chi connectivity index (χ2n) is 7.94. The molecule has 1 aliphatic rings. The van der Waals surface area contributed by atoms with Crippen LogP contribution in [0.3, 0.4) is 0 Å². The van der Waals surface area contributed by atoms with Crippen LogP contribution < -0.4 is 5.56 Å². The highest BCUT2D eigenvalue weighted by atomic mass is 32.2. The van der Waals surface area contributed by atoms with Crippen LogP contribution in [-0.2, 0) is 11.3 Å². The molecule has 4 rings (SSSR count). The molecule has 8 heteroatoms. The molecule has 0 radical (unpaired) electrons. The zero-order valence-corrected chi connectivity index (χ0v) is 18.8. The van der Waals surface area contributed by atoms with Crippen LogP contribution in [0.4, 0.5) is 0 Å². The van der Waals surface area contributed by atoms with Crippen molar-refractivity contribution in [2.75, 3.05) is 18.8 Å². The third-order valence-corrected chi connectivity index (χ3v) is 7.14. The first-order chi connectivity index (χ1) is 14.5. The van der Waals surface area contributed by atoms with E-state index in [4.69, 9.17) is 9.40 Å². The van der Waals surface area contributed by atoms with Gasteiger partial charge >= 0.3 is 0 Å². The minimum Gasteiger partial charge on any atom is -0.464 e. The normalized spacial score (nSPS) is 19.3. The molecule has 6 nitrogen and oxygen atoms in total. The summed E-state index contributed by atoms with van der Waals surface area (Å²) in [6.07, 6.45) is 4.42. The van der Waals surface area contributed by atoms with Crippen LogP contribution in [0.15, 0.2) is 50.8 Å². The second-order valence-corrected chi connectivity index (χ2v) is 9.74. The highest BCUT2D eigenvalue weighted by Crippen LogP contribution is 2.32. The van der Waals surface area contributed by atoms with Crippen molar-refractivity contribution in [2.45, 2.75) is 32.0 Å². The number of hydrogen-bond acceptors (Lipinski definition) is 6. The van der Waals surface area contributed by atoms with Gasteiger partial charge in [-0.25, -0.2) is 4.98 Å². The Kier molecular flexibility index (Phi) is 6.15. The monoisotopic (exact) mass is 443 g/mol. The molecule has 0 spiro atoms. The van der Waals surface area contributed by atoms with E-state index in [-0.39, 0.29) is 17.2 Å². The van der Waals surface area contributed by atoms with Crippen LogP contribution in [0, 0.1) is 11.8 Å². The molecule has 4 heterocycles. The van der Waals surface area contributed by atoms with Crippen molar-refractivity contribution in [2.24, 2.45) is 11.8 Å². The van der Waals surface area contributed by atoms with Gasteiger partial charge in [0.05, 0.1) is 17.4 Å². The molecular formula is C22H25N3O3S2. The lowest BCUT2D eigenvalue weighted by Gasteiger charge is -2.35. The van der Waals surface area contributed by atoms with Gasteiger partial charge in [-0.3, -0.25) is 14.2 Å². The number of nitrogens with zero attached hydrogens (tertiary/aromatic N) is 3. The van der Waals surface area contributed by atoms with Gasteiger partial charge in [0, 0.05) is 30.6 Å². The van der Waals surface area contributed by atoms with E-state index < -0.39 is 0 Å². The number of fused-ring (bicyclic) bond motifs is 1. The van der Waals surface area contributed by atoms with E-state index >= 15 is 0 Å². The Labute approximate surface area is 183 Å². The number of carbonyl (C=O) groups is 1. The molecule has 0 aliphatic carbocycles. The van der Waals surface area contributed by atoms with Crippen LogP contribution in [0.25, 0.3) is 21.5 Å². The first-order valence-corrected chi connectivity index (χ1v) is 11.9. The van der Waals surface area contributed by atoms with E-state index in [1.807, 2.05) is 16.3 Å². The predicted molar refractivity (Wildman–Crippen MR) is 122 cm³/mol. The molecule has 2 atom stereocenters. The van der Waals surface area contributed by atoms with Gasteiger partial charge in [0.1, 0.15) is 10.6 Å². The summed E-state index contributed by atoms with van der Waals surface area (Å²) in [7, 11) is 0. The predicted octanol–water partition coefficient (Wildman–Crippen LogP) is 4.50. The number of allylic oxidation sites excluding steroid dienone is 1. The number of likely N-dealkylation sites (tertiary alicyclic amines) is 1. The first-order valence-electron chi connectivity index (χ1n) is 10.0. The SMILES string of the molecule is C=CCn1c(SCC(=O)N2CC(C)CC(C)C2)nc2scc(-c3ccco3)c2c1=O. The largest absolute Gasteiger partial charge is 0.464 e. The minimum absolute atomic E-state index is 0.0975. The molecular weight excluding hydrogens is 418 g/mol. The number of thioether (sulfide) groups is 1. The molecule has 30 heavy (non-hydrogen) atoms. The van der Waals surface area contributed by atoms with Gasteiger partial charge < -0.3 is 9.32 Å². The van der Waals surface area contributed by atoms with Crippen molar-refractivity contribution in [3.05, 3.63) is 46.8 Å². The maximum atomic E-state index is 13.3. The number of amides is 1. The molecule has 158 valence electrons. The zero-order valence-electron chi connectivity index (χ0n) is 17.2. The lowest BCUT2D eigenvalue weighted by atomic mass is 9.92. The average Bonchev–Trinajstić information content (AvgIpc) is 3.37. The molecule has 0 N–H and O–H groups in total. The molecule has 1 fully saturated rings. The maximum Gasteiger partial charge on any atom is 0.263 e. The van der Waals surface area contributed by atoms with E-state index in [1.165, 1.54) is 23.1 Å². The van der Waals surface area contributed by atoms with Crippen LogP contribution in [0.5, 0.6) is 0 Å². The summed E-state index contributed by atoms with van der Waals surface area (Å²) in [5.41, 5.74) is 0.613. The summed E-state index contributed by atoms with van der Waals surface area (Å²) in [4.78, 5) is 33.4. The van der Waals surface area contributed by atoms with Crippen LogP contribution in [0.1, 0.15) is 20.3 Å². The Morgan fingerprint density at radius 2 is 2.17 bits per heavy atom. The molecule has 0 saturated carbocycles. The molecule has 1 aliphatic heterocycles. The van der Waals surface area contributed by atoms with Crippen LogP contribution in [-0.4, -0.2) is 39.2 Å². The van der Waals surface area contributed by atoms with Crippen molar-refractivity contribution in [1.29, 1.82) is 0 Å². The quantitative estimate of drug-likeness (QED) is 0.319. The fourth-order valence-corrected chi connectivity index (χ4v) is 5.98. The average molecular weight is 444 g/mol. The summed E-state index contributed by atoms with van der Waals surface area (Å²) >= 11 is 2.73. The topological polar surface area (TPSA) is 68.3 Å². The Balaban J connectivity index is 1.62. The molecule has 1 amide bonds. The zero-order chi connectivity index (χ0) is 21.3. The van der Waals surface area contributed by atoms with Gasteiger partial charge in [-0.1, -0.05) is 31.7 Å². The Bertz CT molecular complexity index is 1110. The molecule has 1 saturated heterocycles. The summed E-state index contributed by atoms with van der Waals surface area (Å²) in [6, 6.07) is 3.63. The first kappa shape index (κ1) is 20.9. The summed E-state index contributed by atoms with van der Waals surface area (Å²) in [5.74, 6) is 2.05. The van der Waals surface area contributed by atoms with Gasteiger partial charge in [0.2, 0.25) is 5.91 Å². The minimum atomic E-state index is -0.136. The summed E-state index contributed by atoms with van der Waals surface area (Å²) < 4.78 is 7.08. The Hall–Kier alpha value is -2.32.